The Balaban J connectivity index is 1.53. The summed E-state index contributed by atoms with van der Waals surface area (Å²) in [6, 6.07) is 6.06. The molecule has 0 bridgehead atoms. The lowest BCUT2D eigenvalue weighted by Gasteiger charge is -2.41. The first kappa shape index (κ1) is 20.1. The molecule has 3 heterocycles. The molecule has 164 valence electrons. The number of nitrogens with zero attached hydrogens (tertiary/aromatic N) is 4. The van der Waals surface area contributed by atoms with E-state index in [1.165, 1.54) is 0 Å². The number of hydrogen-bond acceptors (Lipinski definition) is 5. The monoisotopic (exact) mass is 424 g/mol. The Morgan fingerprint density at radius 3 is 2.58 bits per heavy atom. The molecule has 8 heteroatoms. The smallest absolute Gasteiger partial charge is 0.414 e. The van der Waals surface area contributed by atoms with Gasteiger partial charge >= 0.3 is 6.09 Å². The molecule has 2 aromatic rings. The maximum absolute atomic E-state index is 13.0. The fraction of sp³-hybridized carbons (Fsp3) is 0.522. The zero-order valence-electron chi connectivity index (χ0n) is 18.2. The summed E-state index contributed by atoms with van der Waals surface area (Å²) in [4.78, 5) is 29.4. The number of anilines is 2. The zero-order valence-corrected chi connectivity index (χ0v) is 18.2. The first-order valence-electron chi connectivity index (χ1n) is 11.0. The minimum absolute atomic E-state index is 0.104. The Bertz CT molecular complexity index is 1010. The molecule has 2 fully saturated rings. The molecular weight excluding hydrogens is 396 g/mol. The molecule has 1 atom stereocenters. The largest absolute Gasteiger partial charge is 0.446 e. The van der Waals surface area contributed by atoms with E-state index in [9.17, 15) is 9.59 Å². The molecule has 1 aliphatic carbocycles. The van der Waals surface area contributed by atoms with Crippen LogP contribution in [-0.2, 0) is 14.3 Å². The summed E-state index contributed by atoms with van der Waals surface area (Å²) in [7, 11) is 0. The molecule has 1 saturated heterocycles. The zero-order chi connectivity index (χ0) is 21.7. The fourth-order valence-corrected chi connectivity index (χ4v) is 4.17. The van der Waals surface area contributed by atoms with E-state index in [0.717, 1.165) is 29.7 Å². The van der Waals surface area contributed by atoms with Crippen LogP contribution in [0.15, 0.2) is 30.6 Å². The van der Waals surface area contributed by atoms with Gasteiger partial charge in [0.05, 0.1) is 49.0 Å². The highest BCUT2D eigenvalue weighted by molar-refractivity contribution is 6.05. The van der Waals surface area contributed by atoms with Crippen molar-refractivity contribution in [2.24, 2.45) is 5.92 Å². The van der Waals surface area contributed by atoms with Crippen LogP contribution in [0.5, 0.6) is 0 Å². The molecule has 1 aromatic heterocycles. The number of carbonyl (C=O) groups is 2. The summed E-state index contributed by atoms with van der Waals surface area (Å²) < 4.78 is 12.7. The molecule has 1 saturated carbocycles. The number of benzene rings is 1. The molecule has 1 aromatic carbocycles. The lowest BCUT2D eigenvalue weighted by atomic mass is 10.0. The van der Waals surface area contributed by atoms with Gasteiger partial charge in [0.15, 0.2) is 0 Å². The van der Waals surface area contributed by atoms with Crippen LogP contribution in [0.4, 0.5) is 16.2 Å². The normalized spacial score (nSPS) is 21.1. The Morgan fingerprint density at radius 1 is 1.16 bits per heavy atom. The Labute approximate surface area is 181 Å². The summed E-state index contributed by atoms with van der Waals surface area (Å²) in [6.07, 6.45) is 5.11. The predicted molar refractivity (Wildman–Crippen MR) is 116 cm³/mol. The Hall–Kier alpha value is -2.87. The van der Waals surface area contributed by atoms with Crippen molar-refractivity contribution in [1.29, 1.82) is 0 Å². The first-order chi connectivity index (χ1) is 14.9. The van der Waals surface area contributed by atoms with Gasteiger partial charge in [-0.3, -0.25) is 14.4 Å². The van der Waals surface area contributed by atoms with Crippen molar-refractivity contribution < 1.29 is 19.1 Å². The standard InChI is InChI=1S/C23H28N4O4/c1-14(2)31-23(29)25-10-15(3)27(22(28)16-4-5-16)20-7-6-17(8-21(20)25)18-9-24-26(11-18)19-12-30-13-19/h6-9,11,14-16,19H,4-5,10,12-13H2,1-3H3/t15-/m0/s1. The van der Waals surface area contributed by atoms with Crippen molar-refractivity contribution in [2.75, 3.05) is 29.6 Å². The van der Waals surface area contributed by atoms with Crippen LogP contribution in [0, 0.1) is 5.92 Å². The summed E-state index contributed by atoms with van der Waals surface area (Å²) in [5.41, 5.74) is 3.38. The Kier molecular flexibility index (Phi) is 4.97. The number of aromatic nitrogens is 2. The SMILES string of the molecule is CC(C)OC(=O)N1C[C@H](C)N(C(=O)C2CC2)c2ccc(-c3cnn(C4COC4)c3)cc21. The average molecular weight is 425 g/mol. The van der Waals surface area contributed by atoms with Crippen molar-refractivity contribution in [3.63, 3.8) is 0 Å². The lowest BCUT2D eigenvalue weighted by Crippen LogP contribution is -2.52. The lowest BCUT2D eigenvalue weighted by molar-refractivity contribution is -0.120. The molecule has 8 nitrogen and oxygen atoms in total. The summed E-state index contributed by atoms with van der Waals surface area (Å²) in [5, 5.41) is 4.47. The maximum Gasteiger partial charge on any atom is 0.414 e. The van der Waals surface area contributed by atoms with Crippen LogP contribution >= 0.6 is 0 Å². The van der Waals surface area contributed by atoms with Crippen molar-refractivity contribution >= 4 is 23.4 Å². The van der Waals surface area contributed by atoms with Gasteiger partial charge in [-0.1, -0.05) is 6.07 Å². The van der Waals surface area contributed by atoms with Gasteiger partial charge in [-0.2, -0.15) is 5.10 Å². The van der Waals surface area contributed by atoms with E-state index in [1.54, 1.807) is 4.90 Å². The van der Waals surface area contributed by atoms with Gasteiger partial charge in [-0.25, -0.2) is 4.79 Å². The molecular formula is C23H28N4O4. The van der Waals surface area contributed by atoms with Crippen molar-refractivity contribution in [1.82, 2.24) is 9.78 Å². The highest BCUT2D eigenvalue weighted by Gasteiger charge is 2.41. The third-order valence-electron chi connectivity index (χ3n) is 6.06. The minimum atomic E-state index is -0.388. The third kappa shape index (κ3) is 3.69. The number of hydrogen-bond donors (Lipinski definition) is 0. The second-order valence-electron chi connectivity index (χ2n) is 8.98. The third-order valence-corrected chi connectivity index (χ3v) is 6.06. The first-order valence-corrected chi connectivity index (χ1v) is 11.0. The van der Waals surface area contributed by atoms with Crippen LogP contribution in [-0.4, -0.2) is 53.7 Å². The average Bonchev–Trinajstić information content (AvgIpc) is 3.43. The number of fused-ring (bicyclic) bond motifs is 1. The van der Waals surface area contributed by atoms with Gasteiger partial charge in [0, 0.05) is 24.2 Å². The van der Waals surface area contributed by atoms with Crippen LogP contribution in [0.3, 0.4) is 0 Å². The molecule has 0 radical (unpaired) electrons. The molecule has 2 aliphatic heterocycles. The number of ether oxygens (including phenoxy) is 2. The summed E-state index contributed by atoms with van der Waals surface area (Å²) >= 11 is 0. The summed E-state index contributed by atoms with van der Waals surface area (Å²) in [5.74, 6) is 0.253. The van der Waals surface area contributed by atoms with E-state index < -0.39 is 0 Å². The Morgan fingerprint density at radius 2 is 1.94 bits per heavy atom. The van der Waals surface area contributed by atoms with Gasteiger partial charge in [-0.05, 0) is 51.3 Å². The van der Waals surface area contributed by atoms with Gasteiger partial charge in [0.1, 0.15) is 0 Å². The minimum Gasteiger partial charge on any atom is -0.446 e. The molecule has 31 heavy (non-hydrogen) atoms. The topological polar surface area (TPSA) is 76.9 Å². The number of amides is 2. The van der Waals surface area contributed by atoms with Crippen LogP contribution in [0.1, 0.15) is 39.7 Å². The maximum atomic E-state index is 13.0. The molecule has 0 N–H and O–H groups in total. The molecule has 2 amide bonds. The van der Waals surface area contributed by atoms with E-state index >= 15 is 0 Å². The molecule has 0 spiro atoms. The summed E-state index contributed by atoms with van der Waals surface area (Å²) in [6.45, 7) is 7.41. The van der Waals surface area contributed by atoms with Crippen LogP contribution in [0.25, 0.3) is 11.1 Å². The van der Waals surface area contributed by atoms with E-state index in [2.05, 4.69) is 5.10 Å². The van der Waals surface area contributed by atoms with Crippen LogP contribution < -0.4 is 9.80 Å². The van der Waals surface area contributed by atoms with Gasteiger partial charge < -0.3 is 14.4 Å². The van der Waals surface area contributed by atoms with Gasteiger partial charge in [0.25, 0.3) is 0 Å². The van der Waals surface area contributed by atoms with Crippen molar-refractivity contribution in [3.8, 4) is 11.1 Å². The van der Waals surface area contributed by atoms with Gasteiger partial charge in [-0.15, -0.1) is 0 Å². The second-order valence-corrected chi connectivity index (χ2v) is 8.98. The molecule has 0 unspecified atom stereocenters. The molecule has 5 rings (SSSR count). The van der Waals surface area contributed by atoms with Crippen molar-refractivity contribution in [2.45, 2.75) is 51.8 Å². The van der Waals surface area contributed by atoms with E-state index in [1.807, 2.05) is 60.9 Å². The van der Waals surface area contributed by atoms with E-state index in [-0.39, 0.29) is 36.1 Å². The predicted octanol–water partition coefficient (Wildman–Crippen LogP) is 3.62. The van der Waals surface area contributed by atoms with E-state index in [0.29, 0.717) is 25.4 Å². The van der Waals surface area contributed by atoms with E-state index in [4.69, 9.17) is 9.47 Å². The quantitative estimate of drug-likeness (QED) is 0.749. The van der Waals surface area contributed by atoms with Crippen molar-refractivity contribution in [3.05, 3.63) is 30.6 Å². The molecule has 3 aliphatic rings. The second kappa shape index (κ2) is 7.67. The highest BCUT2D eigenvalue weighted by Crippen LogP contribution is 2.42. The fourth-order valence-electron chi connectivity index (χ4n) is 4.17. The highest BCUT2D eigenvalue weighted by atomic mass is 16.6. The van der Waals surface area contributed by atoms with Crippen LogP contribution in [0.2, 0.25) is 0 Å². The van der Waals surface area contributed by atoms with Gasteiger partial charge in [0.2, 0.25) is 5.91 Å². The number of rotatable bonds is 4. The number of carbonyl (C=O) groups excluding carboxylic acids is 2.